The summed E-state index contributed by atoms with van der Waals surface area (Å²) >= 11 is 0. The molecule has 0 aliphatic heterocycles. The lowest BCUT2D eigenvalue weighted by atomic mass is 9.76. The maximum absolute atomic E-state index is 11.9. The molecular formula is C16H20O3. The van der Waals surface area contributed by atoms with Crippen molar-refractivity contribution < 1.29 is 14.3 Å². The van der Waals surface area contributed by atoms with Crippen molar-refractivity contribution in [3.8, 4) is 5.75 Å². The van der Waals surface area contributed by atoms with Crippen molar-refractivity contribution in [3.63, 3.8) is 0 Å². The molecule has 0 amide bonds. The quantitative estimate of drug-likeness (QED) is 0.781. The molecule has 0 aromatic heterocycles. The first-order chi connectivity index (χ1) is 9.11. The average molecular weight is 260 g/mol. The van der Waals surface area contributed by atoms with Gasteiger partial charge in [0.15, 0.2) is 0 Å². The normalized spacial score (nSPS) is 23.2. The van der Waals surface area contributed by atoms with E-state index in [1.165, 1.54) is 12.5 Å². The molecule has 2 rings (SSSR count). The van der Waals surface area contributed by atoms with Crippen molar-refractivity contribution in [1.82, 2.24) is 0 Å². The number of rotatable bonds is 4. The summed E-state index contributed by atoms with van der Waals surface area (Å²) in [5.74, 6) is 0.848. The first kappa shape index (κ1) is 13.8. The van der Waals surface area contributed by atoms with E-state index < -0.39 is 0 Å². The lowest BCUT2D eigenvalue weighted by Gasteiger charge is -2.26. The van der Waals surface area contributed by atoms with Crippen molar-refractivity contribution in [2.75, 3.05) is 6.61 Å². The van der Waals surface area contributed by atoms with Gasteiger partial charge in [0, 0.05) is 6.42 Å². The zero-order valence-electron chi connectivity index (χ0n) is 11.5. The molecular weight excluding hydrogens is 240 g/mol. The molecule has 102 valence electrons. The number of carbonyl (C=O) groups is 2. The van der Waals surface area contributed by atoms with Crippen molar-refractivity contribution >= 4 is 11.6 Å². The zero-order chi connectivity index (χ0) is 13.8. The maximum atomic E-state index is 11.9. The van der Waals surface area contributed by atoms with E-state index in [0.29, 0.717) is 19.4 Å². The maximum Gasteiger partial charge on any atom is 0.143 e. The van der Waals surface area contributed by atoms with Gasteiger partial charge in [0.1, 0.15) is 17.3 Å². The van der Waals surface area contributed by atoms with Gasteiger partial charge in [-0.2, -0.15) is 0 Å². The fourth-order valence-electron chi connectivity index (χ4n) is 2.73. The Balaban J connectivity index is 2.04. The minimum atomic E-state index is -0.362. The number of ketones is 2. The van der Waals surface area contributed by atoms with Crippen LogP contribution in [0.15, 0.2) is 24.3 Å². The zero-order valence-corrected chi connectivity index (χ0v) is 11.5. The number of hydrogen-bond acceptors (Lipinski definition) is 3. The lowest BCUT2D eigenvalue weighted by molar-refractivity contribution is -0.133. The molecule has 1 aliphatic carbocycles. The molecule has 1 aromatic carbocycles. The third-order valence-electron chi connectivity index (χ3n) is 3.79. The van der Waals surface area contributed by atoms with Gasteiger partial charge in [-0.3, -0.25) is 9.59 Å². The van der Waals surface area contributed by atoms with Crippen LogP contribution < -0.4 is 4.74 Å². The van der Waals surface area contributed by atoms with E-state index in [0.717, 1.165) is 12.2 Å². The van der Waals surface area contributed by atoms with Crippen molar-refractivity contribution in [1.29, 1.82) is 0 Å². The Kier molecular flexibility index (Phi) is 4.35. The van der Waals surface area contributed by atoms with Gasteiger partial charge in [0.25, 0.3) is 0 Å². The number of Topliss-reactive ketones (excluding diaryl/α,β-unsaturated/α-hetero) is 2. The number of carbonyl (C=O) groups excluding carboxylic acids is 2. The Labute approximate surface area is 114 Å². The summed E-state index contributed by atoms with van der Waals surface area (Å²) in [6, 6.07) is 7.94. The lowest BCUT2D eigenvalue weighted by Crippen LogP contribution is -2.28. The predicted molar refractivity (Wildman–Crippen MR) is 73.4 cm³/mol. The molecule has 0 heterocycles. The highest BCUT2D eigenvalue weighted by Crippen LogP contribution is 2.34. The van der Waals surface area contributed by atoms with Crippen molar-refractivity contribution in [2.24, 2.45) is 5.92 Å². The first-order valence-corrected chi connectivity index (χ1v) is 6.87. The highest BCUT2D eigenvalue weighted by atomic mass is 16.5. The van der Waals surface area contributed by atoms with E-state index in [2.05, 4.69) is 0 Å². The van der Waals surface area contributed by atoms with Crippen LogP contribution in [0.2, 0.25) is 0 Å². The number of ether oxygens (including phenoxy) is 1. The van der Waals surface area contributed by atoms with Crippen LogP contribution in [-0.4, -0.2) is 18.2 Å². The minimum Gasteiger partial charge on any atom is -0.494 e. The van der Waals surface area contributed by atoms with Crippen LogP contribution in [0.1, 0.15) is 44.6 Å². The second-order valence-corrected chi connectivity index (χ2v) is 5.11. The number of benzene rings is 1. The van der Waals surface area contributed by atoms with Gasteiger partial charge in [-0.1, -0.05) is 12.1 Å². The fourth-order valence-corrected chi connectivity index (χ4v) is 2.73. The van der Waals surface area contributed by atoms with Crippen LogP contribution >= 0.6 is 0 Å². The Morgan fingerprint density at radius 2 is 1.95 bits per heavy atom. The Morgan fingerprint density at radius 1 is 1.26 bits per heavy atom. The van der Waals surface area contributed by atoms with E-state index in [-0.39, 0.29) is 23.4 Å². The van der Waals surface area contributed by atoms with Gasteiger partial charge in [0.2, 0.25) is 0 Å². The van der Waals surface area contributed by atoms with Gasteiger partial charge >= 0.3 is 0 Å². The highest BCUT2D eigenvalue weighted by molar-refractivity contribution is 6.02. The fraction of sp³-hybridized carbons (Fsp3) is 0.500. The van der Waals surface area contributed by atoms with Gasteiger partial charge < -0.3 is 4.74 Å². The molecule has 3 nitrogen and oxygen atoms in total. The van der Waals surface area contributed by atoms with Crippen LogP contribution in [-0.2, 0) is 9.59 Å². The summed E-state index contributed by atoms with van der Waals surface area (Å²) in [5.41, 5.74) is 1.17. The molecule has 0 N–H and O–H groups in total. The molecule has 0 bridgehead atoms. The number of hydrogen-bond donors (Lipinski definition) is 0. The summed E-state index contributed by atoms with van der Waals surface area (Å²) in [6.07, 6.45) is 2.08. The topological polar surface area (TPSA) is 43.4 Å². The summed E-state index contributed by atoms with van der Waals surface area (Å²) in [5, 5.41) is 0. The molecule has 3 heteroatoms. The third kappa shape index (κ3) is 3.22. The molecule has 2 atom stereocenters. The van der Waals surface area contributed by atoms with E-state index in [9.17, 15) is 9.59 Å². The smallest absolute Gasteiger partial charge is 0.143 e. The molecule has 1 saturated carbocycles. The van der Waals surface area contributed by atoms with E-state index >= 15 is 0 Å². The SMILES string of the molecule is CCOc1ccc([C@@H]2CC[C@H](C(C)=O)C(=O)C2)cc1. The Bertz CT molecular complexity index is 461. The summed E-state index contributed by atoms with van der Waals surface area (Å²) in [4.78, 5) is 23.3. The molecule has 0 unspecified atom stereocenters. The van der Waals surface area contributed by atoms with Crippen LogP contribution in [0.4, 0.5) is 0 Å². The first-order valence-electron chi connectivity index (χ1n) is 6.87. The van der Waals surface area contributed by atoms with Crippen molar-refractivity contribution in [2.45, 2.75) is 39.0 Å². The molecule has 1 fully saturated rings. The average Bonchev–Trinajstić information content (AvgIpc) is 2.39. The molecule has 0 spiro atoms. The molecule has 0 saturated heterocycles. The monoisotopic (exact) mass is 260 g/mol. The van der Waals surface area contributed by atoms with Gasteiger partial charge in [-0.25, -0.2) is 0 Å². The van der Waals surface area contributed by atoms with Gasteiger partial charge in [-0.15, -0.1) is 0 Å². The molecule has 1 aromatic rings. The van der Waals surface area contributed by atoms with E-state index in [1.807, 2.05) is 31.2 Å². The summed E-state index contributed by atoms with van der Waals surface area (Å²) in [6.45, 7) is 4.12. The van der Waals surface area contributed by atoms with Crippen LogP contribution in [0.25, 0.3) is 0 Å². The second kappa shape index (κ2) is 6.00. The van der Waals surface area contributed by atoms with Crippen LogP contribution in [0.5, 0.6) is 5.75 Å². The van der Waals surface area contributed by atoms with E-state index in [1.54, 1.807) is 0 Å². The third-order valence-corrected chi connectivity index (χ3v) is 3.79. The minimum absolute atomic E-state index is 0.00939. The molecule has 1 aliphatic rings. The Morgan fingerprint density at radius 3 is 2.47 bits per heavy atom. The molecule has 0 radical (unpaired) electrons. The summed E-state index contributed by atoms with van der Waals surface area (Å²) < 4.78 is 5.41. The molecule has 19 heavy (non-hydrogen) atoms. The Hall–Kier alpha value is -1.64. The summed E-state index contributed by atoms with van der Waals surface area (Å²) in [7, 11) is 0. The van der Waals surface area contributed by atoms with Crippen LogP contribution in [0.3, 0.4) is 0 Å². The standard InChI is InChI=1S/C16H20O3/c1-3-19-14-7-4-12(5-8-14)13-6-9-15(11(2)17)16(18)10-13/h4-5,7-8,13,15H,3,6,9-10H2,1-2H3/t13-,15-/m1/s1. The second-order valence-electron chi connectivity index (χ2n) is 5.11. The van der Waals surface area contributed by atoms with Gasteiger partial charge in [-0.05, 0) is 50.3 Å². The largest absolute Gasteiger partial charge is 0.494 e. The van der Waals surface area contributed by atoms with E-state index in [4.69, 9.17) is 4.74 Å². The predicted octanol–water partition coefficient (Wildman–Crippen LogP) is 3.13. The van der Waals surface area contributed by atoms with Crippen molar-refractivity contribution in [3.05, 3.63) is 29.8 Å². The van der Waals surface area contributed by atoms with Crippen LogP contribution in [0, 0.1) is 5.92 Å². The highest BCUT2D eigenvalue weighted by Gasteiger charge is 2.31. The van der Waals surface area contributed by atoms with Gasteiger partial charge in [0.05, 0.1) is 12.5 Å².